The number of nitrogens with two attached hydrogens (primary N) is 1. The quantitative estimate of drug-likeness (QED) is 0.314. The summed E-state index contributed by atoms with van der Waals surface area (Å²) in [5.74, 6) is -1.59. The van der Waals surface area contributed by atoms with Gasteiger partial charge in [0.25, 0.3) is 0 Å². The average molecular weight is 534 g/mol. The van der Waals surface area contributed by atoms with Crippen LogP contribution in [0.25, 0.3) is 17.2 Å². The van der Waals surface area contributed by atoms with Gasteiger partial charge in [-0.1, -0.05) is 23.7 Å². The molecular weight excluding hydrogens is 516 g/mol. The minimum Gasteiger partial charge on any atom is -0.506 e. The number of hydrogen-bond acceptors (Lipinski definition) is 7. The zero-order valence-corrected chi connectivity index (χ0v) is 20.5. The summed E-state index contributed by atoms with van der Waals surface area (Å²) in [7, 11) is 0. The molecule has 0 radical (unpaired) electrons. The van der Waals surface area contributed by atoms with E-state index in [4.69, 9.17) is 17.3 Å². The van der Waals surface area contributed by atoms with E-state index in [-0.39, 0.29) is 40.2 Å². The molecule has 0 bridgehead atoms. The summed E-state index contributed by atoms with van der Waals surface area (Å²) >= 11 is 5.95. The molecule has 3 aromatic heterocycles. The van der Waals surface area contributed by atoms with Gasteiger partial charge in [0, 0.05) is 31.1 Å². The Morgan fingerprint density at radius 3 is 2.74 bits per heavy atom. The van der Waals surface area contributed by atoms with Crippen LogP contribution in [0.4, 0.5) is 20.4 Å². The third kappa shape index (κ3) is 3.62. The van der Waals surface area contributed by atoms with E-state index < -0.39 is 23.0 Å². The zero-order valence-electron chi connectivity index (χ0n) is 19.7. The van der Waals surface area contributed by atoms with E-state index in [0.717, 1.165) is 6.07 Å². The fourth-order valence-electron chi connectivity index (χ4n) is 4.69. The van der Waals surface area contributed by atoms with Gasteiger partial charge in [-0.05, 0) is 36.2 Å². The van der Waals surface area contributed by atoms with Crippen LogP contribution in [0.5, 0.6) is 5.75 Å². The predicted molar refractivity (Wildman–Crippen MR) is 136 cm³/mol. The number of nitrogens with one attached hydrogen (secondary N) is 1. The number of amides is 1. The van der Waals surface area contributed by atoms with E-state index in [1.54, 1.807) is 36.0 Å². The number of nitrogen functional groups attached to an aromatic ring is 1. The Morgan fingerprint density at radius 2 is 1.97 bits per heavy atom. The van der Waals surface area contributed by atoms with Gasteiger partial charge in [0.2, 0.25) is 5.91 Å². The lowest BCUT2D eigenvalue weighted by Gasteiger charge is -2.23. The van der Waals surface area contributed by atoms with E-state index in [2.05, 4.69) is 25.3 Å². The van der Waals surface area contributed by atoms with Crippen LogP contribution in [0.3, 0.4) is 0 Å². The second kappa shape index (κ2) is 8.45. The number of aromatic nitrogens is 5. The molecule has 5 aromatic rings. The Bertz CT molecular complexity index is 1790. The van der Waals surface area contributed by atoms with Gasteiger partial charge in [0.05, 0.1) is 16.3 Å². The summed E-state index contributed by atoms with van der Waals surface area (Å²) in [4.78, 5) is 31.1. The van der Waals surface area contributed by atoms with Gasteiger partial charge in [-0.3, -0.25) is 4.79 Å². The molecule has 9 nitrogen and oxygen atoms in total. The van der Waals surface area contributed by atoms with Crippen LogP contribution in [0.2, 0.25) is 5.02 Å². The zero-order chi connectivity index (χ0) is 26.8. The number of imidazole rings is 1. The van der Waals surface area contributed by atoms with E-state index >= 15 is 0 Å². The molecule has 12 heteroatoms. The first-order valence-corrected chi connectivity index (χ1v) is 11.8. The normalized spacial score (nSPS) is 16.6. The maximum absolute atomic E-state index is 14.4. The number of fused-ring (bicyclic) bond motifs is 2. The van der Waals surface area contributed by atoms with Crippen molar-refractivity contribution in [2.75, 3.05) is 11.1 Å². The van der Waals surface area contributed by atoms with Crippen LogP contribution in [-0.4, -0.2) is 35.4 Å². The van der Waals surface area contributed by atoms with E-state index in [9.17, 15) is 18.7 Å². The van der Waals surface area contributed by atoms with Crippen molar-refractivity contribution < 1.29 is 18.7 Å². The number of aromatic hydroxyl groups is 1. The van der Waals surface area contributed by atoms with Crippen molar-refractivity contribution in [2.24, 2.45) is 0 Å². The van der Waals surface area contributed by atoms with Crippen molar-refractivity contribution in [3.8, 4) is 17.3 Å². The Kier molecular flexibility index (Phi) is 5.28. The van der Waals surface area contributed by atoms with Gasteiger partial charge >= 0.3 is 0 Å². The van der Waals surface area contributed by atoms with Gasteiger partial charge in [0.15, 0.2) is 11.5 Å². The molecule has 0 fully saturated rings. The first-order valence-electron chi connectivity index (χ1n) is 11.4. The lowest BCUT2D eigenvalue weighted by atomic mass is 9.77. The van der Waals surface area contributed by atoms with Gasteiger partial charge in [-0.2, -0.15) is 0 Å². The van der Waals surface area contributed by atoms with Crippen LogP contribution in [0.15, 0.2) is 55.0 Å². The minimum absolute atomic E-state index is 0.0375. The number of rotatable bonds is 4. The van der Waals surface area contributed by atoms with E-state index in [0.29, 0.717) is 28.2 Å². The number of carbonyl (C=O) groups excluding carboxylic acids is 1. The molecule has 1 atom stereocenters. The maximum Gasteiger partial charge on any atom is 0.240 e. The Labute approximate surface area is 219 Å². The second-order valence-electron chi connectivity index (χ2n) is 9.04. The highest BCUT2D eigenvalue weighted by molar-refractivity contribution is 6.32. The summed E-state index contributed by atoms with van der Waals surface area (Å²) in [6.45, 7) is 1.65. The van der Waals surface area contributed by atoms with Gasteiger partial charge in [0.1, 0.15) is 40.1 Å². The lowest BCUT2D eigenvalue weighted by molar-refractivity contribution is -0.119. The molecule has 6 rings (SSSR count). The summed E-state index contributed by atoms with van der Waals surface area (Å²) in [5, 5.41) is 13.0. The molecule has 1 aliphatic rings. The minimum atomic E-state index is -1.28. The number of carbonyl (C=O) groups is 1. The van der Waals surface area contributed by atoms with Crippen molar-refractivity contribution in [3.63, 3.8) is 0 Å². The van der Waals surface area contributed by atoms with Crippen LogP contribution in [-0.2, 0) is 16.6 Å². The molecule has 0 aliphatic carbocycles. The van der Waals surface area contributed by atoms with Crippen LogP contribution >= 0.6 is 11.6 Å². The molecule has 38 heavy (non-hydrogen) atoms. The molecule has 1 aliphatic heterocycles. The molecule has 0 spiro atoms. The number of benzene rings is 2. The molecule has 1 amide bonds. The molecular formula is C26H18ClF2N7O2. The topological polar surface area (TPSA) is 131 Å². The monoisotopic (exact) mass is 533 g/mol. The second-order valence-corrected chi connectivity index (χ2v) is 9.45. The molecule has 0 saturated carbocycles. The highest BCUT2D eigenvalue weighted by Crippen LogP contribution is 2.46. The lowest BCUT2D eigenvalue weighted by Crippen LogP contribution is -2.32. The smallest absolute Gasteiger partial charge is 0.240 e. The van der Waals surface area contributed by atoms with Crippen LogP contribution < -0.4 is 11.1 Å². The predicted octanol–water partition coefficient (Wildman–Crippen LogP) is 4.25. The Balaban J connectivity index is 1.46. The fraction of sp³-hybridized carbons (Fsp3) is 0.115. The van der Waals surface area contributed by atoms with Crippen molar-refractivity contribution in [1.29, 1.82) is 0 Å². The molecule has 4 N–H and O–H groups in total. The van der Waals surface area contributed by atoms with Gasteiger partial charge in [-0.25, -0.2) is 28.7 Å². The first-order chi connectivity index (χ1) is 18.1. The van der Waals surface area contributed by atoms with Crippen LogP contribution in [0, 0.1) is 11.6 Å². The van der Waals surface area contributed by atoms with E-state index in [1.165, 1.54) is 24.3 Å². The molecule has 2 aromatic carbocycles. The summed E-state index contributed by atoms with van der Waals surface area (Å²) in [5.41, 5.74) is 7.33. The van der Waals surface area contributed by atoms with Crippen molar-refractivity contribution in [2.45, 2.75) is 18.8 Å². The molecule has 190 valence electrons. The third-order valence-electron chi connectivity index (χ3n) is 6.69. The largest absolute Gasteiger partial charge is 0.506 e. The summed E-state index contributed by atoms with van der Waals surface area (Å²) < 4.78 is 29.5. The van der Waals surface area contributed by atoms with Crippen molar-refractivity contribution in [3.05, 3.63) is 94.0 Å². The number of halogens is 3. The first kappa shape index (κ1) is 23.7. The highest BCUT2D eigenvalue weighted by atomic mass is 35.5. The standard InChI is InChI=1S/C26H18ClF2N7O2/c1-26(13-3-5-15(27)19(37)9-13)20-21(30)33-22(34-23(20)35-25(26)38)18-11-36-7-6-31-24(36)17(32-18)8-12-2-4-14(28)10-16(12)29/h2-7,9-11,37H,8H2,1H3,(H3,30,33,34,35,38). The number of phenolic OH excluding ortho intramolecular Hbond substituents is 1. The van der Waals surface area contributed by atoms with Crippen molar-refractivity contribution in [1.82, 2.24) is 24.3 Å². The van der Waals surface area contributed by atoms with Crippen LogP contribution in [0.1, 0.15) is 29.3 Å². The highest BCUT2D eigenvalue weighted by Gasteiger charge is 2.47. The molecule has 4 heterocycles. The SMILES string of the molecule is CC1(c2ccc(Cl)c(O)c2)C(=O)Nc2nc(-c3cn4ccnc4c(Cc4ccc(F)cc4F)n3)nc(N)c21. The van der Waals surface area contributed by atoms with Gasteiger partial charge in [-0.15, -0.1) is 0 Å². The fourth-order valence-corrected chi connectivity index (χ4v) is 4.81. The number of phenols is 1. The van der Waals surface area contributed by atoms with Gasteiger partial charge < -0.3 is 20.6 Å². The number of nitrogens with zero attached hydrogens (tertiary/aromatic N) is 5. The number of anilines is 2. The van der Waals surface area contributed by atoms with Crippen molar-refractivity contribution >= 4 is 34.8 Å². The maximum atomic E-state index is 14.4. The Morgan fingerprint density at radius 1 is 1.16 bits per heavy atom. The molecule has 1 unspecified atom stereocenters. The molecule has 0 saturated heterocycles. The average Bonchev–Trinajstić information content (AvgIpc) is 3.45. The third-order valence-corrected chi connectivity index (χ3v) is 7.01. The summed E-state index contributed by atoms with van der Waals surface area (Å²) in [6.07, 6.45) is 4.93. The summed E-state index contributed by atoms with van der Waals surface area (Å²) in [6, 6.07) is 7.86. The van der Waals surface area contributed by atoms with E-state index in [1.807, 2.05) is 0 Å². The Hall–Kier alpha value is -4.64. The number of hydrogen-bond donors (Lipinski definition) is 3.